The van der Waals surface area contributed by atoms with Crippen molar-refractivity contribution < 1.29 is 18.9 Å². The van der Waals surface area contributed by atoms with E-state index in [0.717, 1.165) is 31.6 Å². The van der Waals surface area contributed by atoms with E-state index in [1.165, 1.54) is 6.42 Å². The average Bonchev–Trinajstić information content (AvgIpc) is 3.47. The molecule has 0 bridgehead atoms. The number of para-hydroxylation sites is 1. The van der Waals surface area contributed by atoms with E-state index in [1.807, 2.05) is 37.4 Å². The molecule has 126 valence electrons. The monoisotopic (exact) mass is 318 g/mol. The maximum atomic E-state index is 6.15. The van der Waals surface area contributed by atoms with Gasteiger partial charge in [0.1, 0.15) is 11.4 Å². The maximum Gasteiger partial charge on any atom is 0.119 e. The first kappa shape index (κ1) is 15.4. The average molecular weight is 318 g/mol. The van der Waals surface area contributed by atoms with Crippen molar-refractivity contribution in [1.29, 1.82) is 0 Å². The van der Waals surface area contributed by atoms with Gasteiger partial charge >= 0.3 is 0 Å². The summed E-state index contributed by atoms with van der Waals surface area (Å²) in [6, 6.07) is 9.96. The van der Waals surface area contributed by atoms with Crippen molar-refractivity contribution in [3.8, 4) is 5.75 Å². The van der Waals surface area contributed by atoms with Crippen molar-refractivity contribution in [2.45, 2.75) is 56.0 Å². The van der Waals surface area contributed by atoms with E-state index >= 15 is 0 Å². The van der Waals surface area contributed by atoms with Gasteiger partial charge in [-0.3, -0.25) is 0 Å². The molecule has 1 spiro atoms. The van der Waals surface area contributed by atoms with E-state index in [9.17, 15) is 0 Å². The molecule has 0 unspecified atom stereocenters. The predicted molar refractivity (Wildman–Crippen MR) is 86.7 cm³/mol. The molecule has 1 saturated carbocycles. The topological polar surface area (TPSA) is 43.5 Å². The minimum absolute atomic E-state index is 0.0166. The van der Waals surface area contributed by atoms with E-state index in [2.05, 4.69) is 6.92 Å². The number of benzene rings is 1. The fraction of sp³-hybridized carbons (Fsp3) is 0.684. The highest BCUT2D eigenvalue weighted by Gasteiger charge is 2.70. The van der Waals surface area contributed by atoms with Crippen LogP contribution in [-0.2, 0) is 14.2 Å². The molecule has 4 heteroatoms. The quantitative estimate of drug-likeness (QED) is 0.756. The van der Waals surface area contributed by atoms with Crippen LogP contribution in [0.5, 0.6) is 5.75 Å². The fourth-order valence-electron chi connectivity index (χ4n) is 4.52. The number of epoxide rings is 2. The molecule has 4 rings (SSSR count). The van der Waals surface area contributed by atoms with Crippen LogP contribution >= 0.6 is 0 Å². The molecule has 2 aliphatic heterocycles. The lowest BCUT2D eigenvalue weighted by atomic mass is 9.69. The summed E-state index contributed by atoms with van der Waals surface area (Å²) < 4.78 is 23.6. The number of hydrogen-bond donors (Lipinski definition) is 0. The number of methoxy groups -OCH3 is 1. The van der Waals surface area contributed by atoms with Gasteiger partial charge in [-0.1, -0.05) is 18.2 Å². The highest BCUT2D eigenvalue weighted by molar-refractivity contribution is 5.21. The van der Waals surface area contributed by atoms with Gasteiger partial charge in [0.15, 0.2) is 0 Å². The highest BCUT2D eigenvalue weighted by Crippen LogP contribution is 2.59. The largest absolute Gasteiger partial charge is 0.493 e. The second-order valence-corrected chi connectivity index (χ2v) is 7.24. The summed E-state index contributed by atoms with van der Waals surface area (Å²) in [7, 11) is 1.82. The zero-order valence-electron chi connectivity index (χ0n) is 14.0. The molecule has 3 fully saturated rings. The van der Waals surface area contributed by atoms with Gasteiger partial charge in [-0.15, -0.1) is 0 Å². The Kier molecular flexibility index (Phi) is 3.87. The molecule has 0 N–H and O–H groups in total. The summed E-state index contributed by atoms with van der Waals surface area (Å²) in [5.74, 6) is 1.26. The molecule has 3 aliphatic rings. The zero-order valence-corrected chi connectivity index (χ0v) is 14.0. The van der Waals surface area contributed by atoms with Crippen molar-refractivity contribution in [3.05, 3.63) is 30.3 Å². The molecule has 0 radical (unpaired) electrons. The summed E-state index contributed by atoms with van der Waals surface area (Å²) in [6.07, 6.45) is 4.84. The molecule has 2 saturated heterocycles. The van der Waals surface area contributed by atoms with Crippen molar-refractivity contribution in [1.82, 2.24) is 0 Å². The van der Waals surface area contributed by atoms with E-state index in [-0.39, 0.29) is 23.4 Å². The van der Waals surface area contributed by atoms with Gasteiger partial charge in [-0.25, -0.2) is 0 Å². The van der Waals surface area contributed by atoms with Gasteiger partial charge in [0.2, 0.25) is 0 Å². The van der Waals surface area contributed by atoms with Crippen LogP contribution in [0.4, 0.5) is 0 Å². The van der Waals surface area contributed by atoms with Crippen LogP contribution in [0.15, 0.2) is 30.3 Å². The smallest absolute Gasteiger partial charge is 0.119 e. The molecule has 0 amide bonds. The van der Waals surface area contributed by atoms with Crippen LogP contribution in [-0.4, -0.2) is 43.7 Å². The molecule has 4 nitrogen and oxygen atoms in total. The van der Waals surface area contributed by atoms with Gasteiger partial charge in [-0.2, -0.15) is 0 Å². The first-order chi connectivity index (χ1) is 11.2. The summed E-state index contributed by atoms with van der Waals surface area (Å²) >= 11 is 0. The maximum absolute atomic E-state index is 6.15. The minimum Gasteiger partial charge on any atom is -0.493 e. The third-order valence-electron chi connectivity index (χ3n) is 5.83. The first-order valence-electron chi connectivity index (χ1n) is 8.70. The van der Waals surface area contributed by atoms with Crippen LogP contribution in [0.1, 0.15) is 32.6 Å². The minimum atomic E-state index is -0.127. The van der Waals surface area contributed by atoms with E-state index in [4.69, 9.17) is 18.9 Å². The van der Waals surface area contributed by atoms with Gasteiger partial charge in [0, 0.05) is 19.4 Å². The Hall–Kier alpha value is -1.10. The highest BCUT2D eigenvalue weighted by atomic mass is 16.6. The Bertz CT molecular complexity index is 542. The molecular weight excluding hydrogens is 292 g/mol. The van der Waals surface area contributed by atoms with Crippen molar-refractivity contribution >= 4 is 0 Å². The third-order valence-corrected chi connectivity index (χ3v) is 5.83. The summed E-state index contributed by atoms with van der Waals surface area (Å²) in [6.45, 7) is 3.78. The summed E-state index contributed by atoms with van der Waals surface area (Å²) in [5, 5.41) is 0. The van der Waals surface area contributed by atoms with Gasteiger partial charge < -0.3 is 18.9 Å². The van der Waals surface area contributed by atoms with Crippen LogP contribution in [0.25, 0.3) is 0 Å². The predicted octanol–water partition coefficient (Wildman–Crippen LogP) is 3.20. The normalized spacial score (nSPS) is 41.7. The number of hydrogen-bond acceptors (Lipinski definition) is 4. The SMILES string of the molecule is CO[C@@H]1CCC[C@]2(CO2)[C@H]1[C@@]1(C)O[C@@H]1CCOc1ccccc1. The fourth-order valence-corrected chi connectivity index (χ4v) is 4.52. The molecule has 5 atom stereocenters. The van der Waals surface area contributed by atoms with Gasteiger partial charge in [0.05, 0.1) is 31.0 Å². The van der Waals surface area contributed by atoms with Crippen molar-refractivity contribution in [2.75, 3.05) is 20.3 Å². The second kappa shape index (κ2) is 5.76. The molecule has 1 aliphatic carbocycles. The molecule has 1 aromatic rings. The Morgan fingerprint density at radius 1 is 1.26 bits per heavy atom. The standard InChI is InChI=1S/C19H26O4/c1-18(17-15(20-2)9-6-11-19(17)13-22-19)16(23-18)10-12-21-14-7-4-3-5-8-14/h3-5,7-8,15-17H,6,9-13H2,1-2H3/t15-,16-,17-,18+,19+/m1/s1. The van der Waals surface area contributed by atoms with Gasteiger partial charge in [-0.05, 0) is 38.3 Å². The van der Waals surface area contributed by atoms with Crippen LogP contribution in [0.2, 0.25) is 0 Å². The third kappa shape index (κ3) is 2.77. The van der Waals surface area contributed by atoms with Crippen molar-refractivity contribution in [3.63, 3.8) is 0 Å². The van der Waals surface area contributed by atoms with E-state index in [1.54, 1.807) is 0 Å². The van der Waals surface area contributed by atoms with Crippen molar-refractivity contribution in [2.24, 2.45) is 5.92 Å². The second-order valence-electron chi connectivity index (χ2n) is 7.24. The Morgan fingerprint density at radius 2 is 2.04 bits per heavy atom. The lowest BCUT2D eigenvalue weighted by Gasteiger charge is -2.38. The lowest BCUT2D eigenvalue weighted by molar-refractivity contribution is -0.0492. The van der Waals surface area contributed by atoms with E-state index < -0.39 is 0 Å². The lowest BCUT2D eigenvalue weighted by Crippen LogP contribution is -2.48. The van der Waals surface area contributed by atoms with Crippen LogP contribution in [0, 0.1) is 5.92 Å². The van der Waals surface area contributed by atoms with Gasteiger partial charge in [0.25, 0.3) is 0 Å². The van der Waals surface area contributed by atoms with Crippen LogP contribution < -0.4 is 4.74 Å². The Morgan fingerprint density at radius 3 is 2.74 bits per heavy atom. The molecule has 0 aromatic heterocycles. The number of rotatable bonds is 6. The summed E-state index contributed by atoms with van der Waals surface area (Å²) in [4.78, 5) is 0. The zero-order chi connectivity index (χ0) is 15.9. The molecular formula is C19H26O4. The molecule has 2 heterocycles. The Labute approximate surface area is 138 Å². The number of ether oxygens (including phenoxy) is 4. The Balaban J connectivity index is 1.36. The first-order valence-corrected chi connectivity index (χ1v) is 8.70. The molecule has 23 heavy (non-hydrogen) atoms. The molecule has 1 aromatic carbocycles. The van der Waals surface area contributed by atoms with Crippen LogP contribution in [0.3, 0.4) is 0 Å². The van der Waals surface area contributed by atoms with E-state index in [0.29, 0.717) is 12.5 Å². The summed E-state index contributed by atoms with van der Waals surface area (Å²) in [5.41, 5.74) is -0.111.